The molecule has 0 aromatic heterocycles. The van der Waals surface area contributed by atoms with Gasteiger partial charge in [0.15, 0.2) is 11.5 Å². The molecular weight excluding hydrogens is 334 g/mol. The van der Waals surface area contributed by atoms with E-state index in [-0.39, 0.29) is 18.0 Å². The first-order chi connectivity index (χ1) is 8.99. The van der Waals surface area contributed by atoms with Gasteiger partial charge in [0, 0.05) is 22.3 Å². The van der Waals surface area contributed by atoms with E-state index in [0.29, 0.717) is 10.6 Å². The SMILES string of the molecule is Oc1ccc(CNc2ccc(Br)c(Cl)c2)c(O)c1O. The normalized spacial score (nSPS) is 10.4. The lowest BCUT2D eigenvalue weighted by molar-refractivity contribution is 0.365. The van der Waals surface area contributed by atoms with E-state index in [1.165, 1.54) is 12.1 Å². The fraction of sp³-hybridized carbons (Fsp3) is 0.0769. The van der Waals surface area contributed by atoms with Gasteiger partial charge in [-0.2, -0.15) is 0 Å². The number of phenolic OH excluding ortho intramolecular Hbond substituents is 3. The molecule has 2 aromatic carbocycles. The predicted molar refractivity (Wildman–Crippen MR) is 77.9 cm³/mol. The van der Waals surface area contributed by atoms with E-state index in [1.54, 1.807) is 12.1 Å². The number of nitrogens with one attached hydrogen (secondary N) is 1. The lowest BCUT2D eigenvalue weighted by Gasteiger charge is -2.10. The monoisotopic (exact) mass is 343 g/mol. The molecule has 19 heavy (non-hydrogen) atoms. The number of anilines is 1. The quantitative estimate of drug-likeness (QED) is 0.639. The summed E-state index contributed by atoms with van der Waals surface area (Å²) in [6.45, 7) is 0.289. The minimum Gasteiger partial charge on any atom is -0.504 e. The molecule has 100 valence electrons. The largest absolute Gasteiger partial charge is 0.504 e. The number of hydrogen-bond donors (Lipinski definition) is 4. The van der Waals surface area contributed by atoms with Gasteiger partial charge in [0.2, 0.25) is 5.75 Å². The molecule has 2 aromatic rings. The zero-order valence-corrected chi connectivity index (χ0v) is 12.0. The highest BCUT2D eigenvalue weighted by Gasteiger charge is 2.10. The van der Waals surface area contributed by atoms with Crippen molar-refractivity contribution in [1.29, 1.82) is 0 Å². The molecule has 0 spiro atoms. The molecule has 0 heterocycles. The Balaban J connectivity index is 2.14. The van der Waals surface area contributed by atoms with Crippen molar-refractivity contribution >= 4 is 33.2 Å². The average molecular weight is 345 g/mol. The molecule has 0 aliphatic carbocycles. The Hall–Kier alpha value is -1.59. The van der Waals surface area contributed by atoms with Crippen molar-refractivity contribution in [3.63, 3.8) is 0 Å². The second kappa shape index (κ2) is 5.59. The molecular formula is C13H11BrClNO3. The first-order valence-electron chi connectivity index (χ1n) is 5.40. The lowest BCUT2D eigenvalue weighted by atomic mass is 10.1. The Morgan fingerprint density at radius 1 is 1.05 bits per heavy atom. The van der Waals surface area contributed by atoms with Crippen LogP contribution in [0.1, 0.15) is 5.56 Å². The zero-order valence-electron chi connectivity index (χ0n) is 9.69. The molecule has 0 aliphatic rings. The number of rotatable bonds is 3. The van der Waals surface area contributed by atoms with E-state index in [4.69, 9.17) is 11.6 Å². The molecule has 0 saturated carbocycles. The fourth-order valence-corrected chi connectivity index (χ4v) is 1.98. The lowest BCUT2D eigenvalue weighted by Crippen LogP contribution is -1.99. The van der Waals surface area contributed by atoms with Crippen molar-refractivity contribution in [2.45, 2.75) is 6.54 Å². The van der Waals surface area contributed by atoms with Gasteiger partial charge in [-0.1, -0.05) is 11.6 Å². The van der Waals surface area contributed by atoms with Gasteiger partial charge in [-0.15, -0.1) is 0 Å². The van der Waals surface area contributed by atoms with Crippen molar-refractivity contribution in [2.75, 3.05) is 5.32 Å². The summed E-state index contributed by atoms with van der Waals surface area (Å²) in [7, 11) is 0. The molecule has 4 N–H and O–H groups in total. The Bertz CT molecular complexity index is 619. The highest BCUT2D eigenvalue weighted by Crippen LogP contribution is 2.37. The molecule has 0 unspecified atom stereocenters. The summed E-state index contributed by atoms with van der Waals surface area (Å²) in [6, 6.07) is 8.22. The Morgan fingerprint density at radius 3 is 2.47 bits per heavy atom. The minimum atomic E-state index is -0.520. The average Bonchev–Trinajstić information content (AvgIpc) is 2.39. The molecule has 0 aliphatic heterocycles. The third kappa shape index (κ3) is 3.05. The van der Waals surface area contributed by atoms with Crippen molar-refractivity contribution < 1.29 is 15.3 Å². The molecule has 6 heteroatoms. The number of halogens is 2. The number of benzene rings is 2. The summed E-state index contributed by atoms with van der Waals surface area (Å²) in [4.78, 5) is 0. The third-order valence-electron chi connectivity index (χ3n) is 2.62. The predicted octanol–water partition coefficient (Wildman–Crippen LogP) is 3.83. The smallest absolute Gasteiger partial charge is 0.200 e. The molecule has 2 rings (SSSR count). The number of hydrogen-bond acceptors (Lipinski definition) is 4. The van der Waals surface area contributed by atoms with Gasteiger partial charge in [0.1, 0.15) is 0 Å². The second-order valence-electron chi connectivity index (χ2n) is 3.92. The van der Waals surface area contributed by atoms with Crippen LogP contribution in [-0.4, -0.2) is 15.3 Å². The van der Waals surface area contributed by atoms with Crippen LogP contribution in [0.25, 0.3) is 0 Å². The van der Waals surface area contributed by atoms with E-state index in [9.17, 15) is 15.3 Å². The summed E-state index contributed by atoms with van der Waals surface area (Å²) in [5, 5.41) is 31.9. The maximum atomic E-state index is 9.67. The number of phenols is 3. The molecule has 0 amide bonds. The molecule has 0 fully saturated rings. The Morgan fingerprint density at radius 2 is 1.79 bits per heavy atom. The first kappa shape index (κ1) is 13.8. The molecule has 0 saturated heterocycles. The molecule has 4 nitrogen and oxygen atoms in total. The summed E-state index contributed by atoms with van der Waals surface area (Å²) in [5.74, 6) is -1.21. The highest BCUT2D eigenvalue weighted by atomic mass is 79.9. The van der Waals surface area contributed by atoms with Crippen LogP contribution in [0.15, 0.2) is 34.8 Å². The van der Waals surface area contributed by atoms with Crippen LogP contribution in [0, 0.1) is 0 Å². The Labute approximate surface area is 123 Å². The van der Waals surface area contributed by atoms with Crippen molar-refractivity contribution in [1.82, 2.24) is 0 Å². The van der Waals surface area contributed by atoms with Crippen LogP contribution < -0.4 is 5.32 Å². The van der Waals surface area contributed by atoms with E-state index < -0.39 is 5.75 Å². The van der Waals surface area contributed by atoms with Gasteiger partial charge in [0.05, 0.1) is 5.02 Å². The molecule has 0 atom stereocenters. The van der Waals surface area contributed by atoms with Gasteiger partial charge in [-0.05, 0) is 46.3 Å². The number of aromatic hydroxyl groups is 3. The van der Waals surface area contributed by atoms with E-state index >= 15 is 0 Å². The van der Waals surface area contributed by atoms with Crippen LogP contribution in [0.3, 0.4) is 0 Å². The van der Waals surface area contributed by atoms with Crippen molar-refractivity contribution in [2.24, 2.45) is 0 Å². The topological polar surface area (TPSA) is 72.7 Å². The minimum absolute atomic E-state index is 0.289. The van der Waals surface area contributed by atoms with Crippen LogP contribution in [0.2, 0.25) is 5.02 Å². The van der Waals surface area contributed by atoms with Gasteiger partial charge >= 0.3 is 0 Å². The molecule has 0 bridgehead atoms. The van der Waals surface area contributed by atoms with Crippen molar-refractivity contribution in [3.05, 3.63) is 45.4 Å². The van der Waals surface area contributed by atoms with Gasteiger partial charge < -0.3 is 20.6 Å². The summed E-state index contributed by atoms with van der Waals surface area (Å²) in [5.41, 5.74) is 1.24. The summed E-state index contributed by atoms with van der Waals surface area (Å²) in [6.07, 6.45) is 0. The Kier molecular flexibility index (Phi) is 4.07. The van der Waals surface area contributed by atoms with E-state index in [1.807, 2.05) is 6.07 Å². The third-order valence-corrected chi connectivity index (χ3v) is 3.85. The molecule has 0 radical (unpaired) electrons. The second-order valence-corrected chi connectivity index (χ2v) is 5.19. The van der Waals surface area contributed by atoms with Gasteiger partial charge in [-0.3, -0.25) is 0 Å². The highest BCUT2D eigenvalue weighted by molar-refractivity contribution is 9.10. The summed E-state index contributed by atoms with van der Waals surface area (Å²) >= 11 is 9.26. The fourth-order valence-electron chi connectivity index (χ4n) is 1.56. The maximum absolute atomic E-state index is 9.67. The van der Waals surface area contributed by atoms with E-state index in [2.05, 4.69) is 21.2 Å². The standard InChI is InChI=1S/C13H11BrClNO3/c14-9-3-2-8(5-10(9)15)16-6-7-1-4-11(17)13(19)12(7)18/h1-5,16-19H,6H2. The van der Waals surface area contributed by atoms with E-state index in [0.717, 1.165) is 10.2 Å². The van der Waals surface area contributed by atoms with Crippen molar-refractivity contribution in [3.8, 4) is 17.2 Å². The van der Waals surface area contributed by atoms with Crippen LogP contribution in [0.5, 0.6) is 17.2 Å². The van der Waals surface area contributed by atoms with Crippen LogP contribution in [-0.2, 0) is 6.54 Å². The van der Waals surface area contributed by atoms with Crippen LogP contribution >= 0.6 is 27.5 Å². The van der Waals surface area contributed by atoms with Gasteiger partial charge in [-0.25, -0.2) is 0 Å². The zero-order chi connectivity index (χ0) is 14.0. The summed E-state index contributed by atoms with van der Waals surface area (Å²) < 4.78 is 0.796. The van der Waals surface area contributed by atoms with Crippen LogP contribution in [0.4, 0.5) is 5.69 Å². The maximum Gasteiger partial charge on any atom is 0.200 e. The van der Waals surface area contributed by atoms with Gasteiger partial charge in [0.25, 0.3) is 0 Å². The first-order valence-corrected chi connectivity index (χ1v) is 6.58.